The number of alkyl halides is 1. The molecule has 0 saturated heterocycles. The van der Waals surface area contributed by atoms with Crippen molar-refractivity contribution in [1.82, 2.24) is 5.01 Å². The van der Waals surface area contributed by atoms with Crippen LogP contribution in [0.25, 0.3) is 0 Å². The Morgan fingerprint density at radius 1 is 1.10 bits per heavy atom. The van der Waals surface area contributed by atoms with Crippen LogP contribution in [-0.2, 0) is 6.42 Å². The molecule has 0 aromatic heterocycles. The summed E-state index contributed by atoms with van der Waals surface area (Å²) in [6.07, 6.45) is 1.01. The third-order valence-corrected chi connectivity index (χ3v) is 4.46. The Labute approximate surface area is 127 Å². The largest absolute Gasteiger partial charge is 0.260 e. The first-order chi connectivity index (χ1) is 9.74. The van der Waals surface area contributed by atoms with E-state index in [4.69, 9.17) is 0 Å². The highest BCUT2D eigenvalue weighted by Crippen LogP contribution is 2.34. The summed E-state index contributed by atoms with van der Waals surface area (Å²) in [6, 6.07) is 16.5. The van der Waals surface area contributed by atoms with Gasteiger partial charge >= 0.3 is 0 Å². The smallest absolute Gasteiger partial charge is 0.129 e. The van der Waals surface area contributed by atoms with Crippen LogP contribution in [0.3, 0.4) is 0 Å². The molecule has 1 heterocycles. The predicted octanol–water partition coefficient (Wildman–Crippen LogP) is 4.95. The van der Waals surface area contributed by atoms with Crippen LogP contribution in [0.2, 0.25) is 0 Å². The Morgan fingerprint density at radius 3 is 2.65 bits per heavy atom. The molecule has 0 aliphatic carbocycles. The van der Waals surface area contributed by atoms with E-state index in [1.807, 2.05) is 29.3 Å². The summed E-state index contributed by atoms with van der Waals surface area (Å²) in [6.45, 7) is 2.94. The zero-order valence-electron chi connectivity index (χ0n) is 11.3. The molecule has 1 unspecified atom stereocenters. The van der Waals surface area contributed by atoms with Gasteiger partial charge in [0.1, 0.15) is 4.95 Å². The number of benzene rings is 2. The van der Waals surface area contributed by atoms with Gasteiger partial charge < -0.3 is 0 Å². The third kappa shape index (κ3) is 2.75. The molecule has 2 aromatic carbocycles. The van der Waals surface area contributed by atoms with Gasteiger partial charge in [-0.05, 0) is 36.6 Å². The molecular weight excluding hydrogens is 314 g/mol. The molecule has 1 aliphatic heterocycles. The van der Waals surface area contributed by atoms with Crippen molar-refractivity contribution in [3.05, 3.63) is 65.2 Å². The highest BCUT2D eigenvalue weighted by atomic mass is 79.9. The fourth-order valence-corrected chi connectivity index (χ4v) is 3.05. The van der Waals surface area contributed by atoms with Crippen LogP contribution in [0, 0.1) is 6.92 Å². The van der Waals surface area contributed by atoms with E-state index in [0.717, 1.165) is 18.7 Å². The van der Waals surface area contributed by atoms with Crippen molar-refractivity contribution in [2.45, 2.75) is 18.3 Å². The van der Waals surface area contributed by atoms with E-state index in [2.05, 4.69) is 57.5 Å². The topological polar surface area (TPSA) is 28.0 Å². The monoisotopic (exact) mass is 329 g/mol. The van der Waals surface area contributed by atoms with Crippen LogP contribution < -0.4 is 0 Å². The maximum atomic E-state index is 4.37. The quantitative estimate of drug-likeness (QED) is 0.435. The van der Waals surface area contributed by atoms with Crippen molar-refractivity contribution >= 4 is 21.6 Å². The van der Waals surface area contributed by atoms with Crippen molar-refractivity contribution in [3.8, 4) is 0 Å². The van der Waals surface area contributed by atoms with Crippen LogP contribution in [0.5, 0.6) is 0 Å². The van der Waals surface area contributed by atoms with Gasteiger partial charge in [0.15, 0.2) is 0 Å². The summed E-state index contributed by atoms with van der Waals surface area (Å²) >= 11 is 3.71. The van der Waals surface area contributed by atoms with E-state index < -0.39 is 0 Å². The molecule has 3 nitrogen and oxygen atoms in total. The van der Waals surface area contributed by atoms with E-state index >= 15 is 0 Å². The molecule has 0 fully saturated rings. The summed E-state index contributed by atoms with van der Waals surface area (Å²) in [7, 11) is 0. The van der Waals surface area contributed by atoms with Crippen LogP contribution in [-0.4, -0.2) is 11.6 Å². The molecule has 102 valence electrons. The average Bonchev–Trinajstić information content (AvgIpc) is 2.49. The zero-order chi connectivity index (χ0) is 13.9. The maximum absolute atomic E-state index is 4.37. The van der Waals surface area contributed by atoms with Crippen LogP contribution >= 0.6 is 15.9 Å². The number of halogens is 1. The Balaban J connectivity index is 1.77. The lowest BCUT2D eigenvalue weighted by Gasteiger charge is -2.30. The van der Waals surface area contributed by atoms with Crippen molar-refractivity contribution in [2.75, 3.05) is 6.54 Å². The average molecular weight is 330 g/mol. The van der Waals surface area contributed by atoms with E-state index in [0.29, 0.717) is 0 Å². The molecule has 1 atom stereocenters. The van der Waals surface area contributed by atoms with Gasteiger partial charge in [-0.2, -0.15) is 0 Å². The van der Waals surface area contributed by atoms with Gasteiger partial charge in [0.2, 0.25) is 0 Å². The molecule has 2 aromatic rings. The summed E-state index contributed by atoms with van der Waals surface area (Å²) in [5, 5.41) is 10.7. The minimum absolute atomic E-state index is 0.0987. The van der Waals surface area contributed by atoms with E-state index in [1.165, 1.54) is 16.7 Å². The van der Waals surface area contributed by atoms with Crippen LogP contribution in [0.15, 0.2) is 58.9 Å². The number of aryl methyl sites for hydroxylation is 1. The Hall–Kier alpha value is -1.68. The molecule has 1 aliphatic rings. The zero-order valence-corrected chi connectivity index (χ0v) is 12.9. The second-order valence-corrected chi connectivity index (χ2v) is 5.84. The van der Waals surface area contributed by atoms with Gasteiger partial charge in [-0.3, -0.25) is 5.01 Å². The molecule has 3 rings (SSSR count). The minimum Gasteiger partial charge on any atom is -0.260 e. The molecule has 0 amide bonds. The SMILES string of the molecule is Cc1ccc(N=NN2CCc3ccccc3C2Br)cc1. The van der Waals surface area contributed by atoms with Gasteiger partial charge in [-0.1, -0.05) is 63.1 Å². The number of hydrogen-bond acceptors (Lipinski definition) is 2. The van der Waals surface area contributed by atoms with E-state index in [9.17, 15) is 0 Å². The molecule has 4 heteroatoms. The standard InChI is InChI=1S/C16H16BrN3/c1-12-6-8-14(9-7-12)18-19-20-11-10-13-4-2-3-5-15(13)16(20)17/h2-9,16H,10-11H2,1H3. The number of rotatable bonds is 2. The van der Waals surface area contributed by atoms with Gasteiger partial charge in [-0.25, -0.2) is 0 Å². The first kappa shape index (κ1) is 13.3. The van der Waals surface area contributed by atoms with E-state index in [1.54, 1.807) is 0 Å². The van der Waals surface area contributed by atoms with Crippen molar-refractivity contribution in [2.24, 2.45) is 10.3 Å². The Bertz CT molecular complexity index is 622. The van der Waals surface area contributed by atoms with Gasteiger partial charge in [0.05, 0.1) is 5.69 Å². The number of fused-ring (bicyclic) bond motifs is 1. The second kappa shape index (κ2) is 5.75. The van der Waals surface area contributed by atoms with E-state index in [-0.39, 0.29) is 4.95 Å². The van der Waals surface area contributed by atoms with Gasteiger partial charge in [0.25, 0.3) is 0 Å². The normalized spacial score (nSPS) is 18.3. The highest BCUT2D eigenvalue weighted by molar-refractivity contribution is 9.09. The number of hydrogen-bond donors (Lipinski definition) is 0. The minimum atomic E-state index is 0.0987. The third-order valence-electron chi connectivity index (χ3n) is 3.49. The molecule has 0 bridgehead atoms. The van der Waals surface area contributed by atoms with Crippen LogP contribution in [0.1, 0.15) is 21.6 Å². The Morgan fingerprint density at radius 2 is 1.85 bits per heavy atom. The molecule has 0 N–H and O–H groups in total. The van der Waals surface area contributed by atoms with Gasteiger partial charge in [-0.15, -0.1) is 5.11 Å². The maximum Gasteiger partial charge on any atom is 0.129 e. The molecule has 0 saturated carbocycles. The molecule has 20 heavy (non-hydrogen) atoms. The van der Waals surface area contributed by atoms with Crippen molar-refractivity contribution in [1.29, 1.82) is 0 Å². The molecule has 0 radical (unpaired) electrons. The first-order valence-corrected chi connectivity index (χ1v) is 7.62. The summed E-state index contributed by atoms with van der Waals surface area (Å²) < 4.78 is 0. The summed E-state index contributed by atoms with van der Waals surface area (Å²) in [5.41, 5.74) is 4.78. The predicted molar refractivity (Wildman–Crippen MR) is 84.2 cm³/mol. The number of nitrogens with zero attached hydrogens (tertiary/aromatic N) is 3. The lowest BCUT2D eigenvalue weighted by molar-refractivity contribution is 0.247. The fraction of sp³-hybridized carbons (Fsp3) is 0.250. The van der Waals surface area contributed by atoms with Crippen LogP contribution in [0.4, 0.5) is 5.69 Å². The molecule has 0 spiro atoms. The lowest BCUT2D eigenvalue weighted by atomic mass is 10.0. The molecular formula is C16H16BrN3. The fourth-order valence-electron chi connectivity index (χ4n) is 2.31. The second-order valence-electron chi connectivity index (χ2n) is 4.97. The summed E-state index contributed by atoms with van der Waals surface area (Å²) in [5.74, 6) is 0. The summed E-state index contributed by atoms with van der Waals surface area (Å²) in [4.78, 5) is 0.0987. The highest BCUT2D eigenvalue weighted by Gasteiger charge is 2.23. The van der Waals surface area contributed by atoms with Crippen molar-refractivity contribution in [3.63, 3.8) is 0 Å². The Kier molecular flexibility index (Phi) is 3.83. The van der Waals surface area contributed by atoms with Crippen molar-refractivity contribution < 1.29 is 0 Å². The van der Waals surface area contributed by atoms with Gasteiger partial charge in [0, 0.05) is 6.54 Å². The lowest BCUT2D eigenvalue weighted by Crippen LogP contribution is -2.27. The first-order valence-electron chi connectivity index (χ1n) is 6.71.